The molecule has 0 atom stereocenters. The smallest absolute Gasteiger partial charge is 0.233 e. The van der Waals surface area contributed by atoms with E-state index >= 15 is 0 Å². The van der Waals surface area contributed by atoms with E-state index < -0.39 is 0 Å². The van der Waals surface area contributed by atoms with Crippen molar-refractivity contribution in [2.75, 3.05) is 12.8 Å². The first kappa shape index (κ1) is 21.8. The maximum Gasteiger partial charge on any atom is 0.233 e. The summed E-state index contributed by atoms with van der Waals surface area (Å²) < 4.78 is 1.98. The standard InChI is InChI=1S/C23H26ClN5OS/c1-16-19(24)9-6-10-20(16)29-22(17-11-13-25-14-12-17)26-27-23(29)31-15-21(30)28(2)18-7-4-3-5-8-18/h6,9-14,18H,3-5,7-8,15H2,1-2H3. The van der Waals surface area contributed by atoms with E-state index in [1.165, 1.54) is 31.0 Å². The van der Waals surface area contributed by atoms with E-state index in [1.54, 1.807) is 12.4 Å². The molecule has 2 aromatic heterocycles. The second kappa shape index (κ2) is 9.83. The number of carbonyl (C=O) groups is 1. The summed E-state index contributed by atoms with van der Waals surface area (Å²) in [5.41, 5.74) is 2.74. The third kappa shape index (κ3) is 4.77. The Morgan fingerprint density at radius 2 is 1.90 bits per heavy atom. The van der Waals surface area contributed by atoms with E-state index in [2.05, 4.69) is 15.2 Å². The number of amides is 1. The monoisotopic (exact) mass is 455 g/mol. The molecule has 0 bridgehead atoms. The third-order valence-electron chi connectivity index (χ3n) is 5.89. The summed E-state index contributed by atoms with van der Waals surface area (Å²) in [6.45, 7) is 1.98. The van der Waals surface area contributed by atoms with Gasteiger partial charge in [-0.3, -0.25) is 14.3 Å². The Morgan fingerprint density at radius 1 is 1.16 bits per heavy atom. The lowest BCUT2D eigenvalue weighted by Gasteiger charge is -2.31. The van der Waals surface area contributed by atoms with Gasteiger partial charge >= 0.3 is 0 Å². The summed E-state index contributed by atoms with van der Waals surface area (Å²) in [5, 5.41) is 10.2. The van der Waals surface area contributed by atoms with Crippen LogP contribution in [-0.4, -0.2) is 49.4 Å². The van der Waals surface area contributed by atoms with Gasteiger partial charge in [0.05, 0.1) is 11.4 Å². The number of rotatable bonds is 6. The first-order chi connectivity index (χ1) is 15.1. The molecule has 2 heterocycles. The van der Waals surface area contributed by atoms with Crippen molar-refractivity contribution in [1.82, 2.24) is 24.6 Å². The zero-order valence-electron chi connectivity index (χ0n) is 17.8. The molecule has 0 N–H and O–H groups in total. The number of benzene rings is 1. The van der Waals surface area contributed by atoms with Crippen LogP contribution in [0.4, 0.5) is 0 Å². The Balaban J connectivity index is 1.63. The van der Waals surface area contributed by atoms with Crippen molar-refractivity contribution in [2.24, 2.45) is 0 Å². The summed E-state index contributed by atoms with van der Waals surface area (Å²) in [5.74, 6) is 1.14. The molecule has 0 unspecified atom stereocenters. The lowest BCUT2D eigenvalue weighted by atomic mass is 9.94. The molecule has 0 radical (unpaired) electrons. The largest absolute Gasteiger partial charge is 0.342 e. The van der Waals surface area contributed by atoms with E-state index in [0.717, 1.165) is 29.7 Å². The van der Waals surface area contributed by atoms with Crippen molar-refractivity contribution < 1.29 is 4.79 Å². The molecule has 6 nitrogen and oxygen atoms in total. The van der Waals surface area contributed by atoms with Crippen LogP contribution < -0.4 is 0 Å². The minimum absolute atomic E-state index is 0.125. The number of halogens is 1. The van der Waals surface area contributed by atoms with Crippen molar-refractivity contribution in [3.63, 3.8) is 0 Å². The van der Waals surface area contributed by atoms with Gasteiger partial charge in [-0.05, 0) is 49.6 Å². The summed E-state index contributed by atoms with van der Waals surface area (Å²) in [4.78, 5) is 18.9. The van der Waals surface area contributed by atoms with E-state index in [1.807, 2.05) is 53.8 Å². The lowest BCUT2D eigenvalue weighted by Crippen LogP contribution is -2.39. The Bertz CT molecular complexity index is 1050. The van der Waals surface area contributed by atoms with Crippen LogP contribution in [0.25, 0.3) is 17.1 Å². The maximum atomic E-state index is 12.9. The molecule has 0 saturated heterocycles. The highest BCUT2D eigenvalue weighted by atomic mass is 35.5. The van der Waals surface area contributed by atoms with Crippen molar-refractivity contribution >= 4 is 29.3 Å². The number of thioether (sulfide) groups is 1. The number of hydrogen-bond donors (Lipinski definition) is 0. The highest BCUT2D eigenvalue weighted by Crippen LogP contribution is 2.32. The lowest BCUT2D eigenvalue weighted by molar-refractivity contribution is -0.129. The van der Waals surface area contributed by atoms with Crippen LogP contribution in [0.3, 0.4) is 0 Å². The van der Waals surface area contributed by atoms with Gasteiger partial charge in [-0.2, -0.15) is 0 Å². The van der Waals surface area contributed by atoms with Crippen molar-refractivity contribution in [3.05, 3.63) is 53.3 Å². The fourth-order valence-electron chi connectivity index (χ4n) is 4.01. The van der Waals surface area contributed by atoms with Crippen molar-refractivity contribution in [1.29, 1.82) is 0 Å². The molecule has 1 saturated carbocycles. The zero-order valence-corrected chi connectivity index (χ0v) is 19.4. The average Bonchev–Trinajstić information content (AvgIpc) is 3.23. The van der Waals surface area contributed by atoms with E-state index in [9.17, 15) is 4.79 Å². The molecule has 0 spiro atoms. The molecule has 1 fully saturated rings. The summed E-state index contributed by atoms with van der Waals surface area (Å²) in [6.07, 6.45) is 9.32. The van der Waals surface area contributed by atoms with Gasteiger partial charge in [0.1, 0.15) is 0 Å². The molecule has 162 valence electrons. The van der Waals surface area contributed by atoms with Gasteiger partial charge in [-0.25, -0.2) is 0 Å². The number of pyridine rings is 1. The highest BCUT2D eigenvalue weighted by molar-refractivity contribution is 7.99. The Morgan fingerprint density at radius 3 is 2.65 bits per heavy atom. The molecular weight excluding hydrogens is 430 g/mol. The number of nitrogens with zero attached hydrogens (tertiary/aromatic N) is 5. The fourth-order valence-corrected chi connectivity index (χ4v) is 5.05. The zero-order chi connectivity index (χ0) is 21.8. The maximum absolute atomic E-state index is 12.9. The quantitative estimate of drug-likeness (QED) is 0.479. The molecule has 31 heavy (non-hydrogen) atoms. The van der Waals surface area contributed by atoms with Gasteiger partial charge in [0.25, 0.3) is 0 Å². The minimum atomic E-state index is 0.125. The summed E-state index contributed by atoms with van der Waals surface area (Å²) in [6, 6.07) is 9.93. The highest BCUT2D eigenvalue weighted by Gasteiger charge is 2.24. The van der Waals surface area contributed by atoms with Gasteiger partial charge in [-0.1, -0.05) is 48.7 Å². The average molecular weight is 456 g/mol. The second-order valence-electron chi connectivity index (χ2n) is 7.85. The third-order valence-corrected chi connectivity index (χ3v) is 7.22. The Hall–Kier alpha value is -2.38. The van der Waals surface area contributed by atoms with Crippen LogP contribution >= 0.6 is 23.4 Å². The van der Waals surface area contributed by atoms with Crippen LogP contribution in [0.5, 0.6) is 0 Å². The van der Waals surface area contributed by atoms with Crippen LogP contribution in [0.2, 0.25) is 5.02 Å². The summed E-state index contributed by atoms with van der Waals surface area (Å²) >= 11 is 7.82. The second-order valence-corrected chi connectivity index (χ2v) is 9.20. The first-order valence-electron chi connectivity index (χ1n) is 10.6. The summed E-state index contributed by atoms with van der Waals surface area (Å²) in [7, 11) is 1.92. The van der Waals surface area contributed by atoms with Crippen molar-refractivity contribution in [2.45, 2.75) is 50.2 Å². The first-order valence-corrected chi connectivity index (χ1v) is 11.9. The van der Waals surface area contributed by atoms with Crippen molar-refractivity contribution in [3.8, 4) is 17.1 Å². The Labute approximate surface area is 192 Å². The van der Waals surface area contributed by atoms with Gasteiger partial charge in [0, 0.05) is 36.1 Å². The van der Waals surface area contributed by atoms with Crippen LogP contribution in [0.1, 0.15) is 37.7 Å². The molecule has 3 aromatic rings. The van der Waals surface area contributed by atoms with E-state index in [0.29, 0.717) is 27.8 Å². The predicted octanol–water partition coefficient (Wildman–Crippen LogP) is 5.17. The number of aromatic nitrogens is 4. The van der Waals surface area contributed by atoms with Gasteiger partial charge in [0.15, 0.2) is 11.0 Å². The fraction of sp³-hybridized carbons (Fsp3) is 0.391. The molecule has 4 rings (SSSR count). The van der Waals surface area contributed by atoms with E-state index in [-0.39, 0.29) is 5.91 Å². The molecule has 1 aromatic carbocycles. The van der Waals surface area contributed by atoms with Crippen LogP contribution in [-0.2, 0) is 4.79 Å². The normalized spacial score (nSPS) is 14.5. The van der Waals surface area contributed by atoms with E-state index in [4.69, 9.17) is 11.6 Å². The Kier molecular flexibility index (Phi) is 6.92. The molecule has 1 aliphatic rings. The van der Waals surface area contributed by atoms with Gasteiger partial charge in [-0.15, -0.1) is 10.2 Å². The topological polar surface area (TPSA) is 63.9 Å². The molecule has 0 aliphatic heterocycles. The molecule has 1 aliphatic carbocycles. The molecule has 1 amide bonds. The SMILES string of the molecule is Cc1c(Cl)cccc1-n1c(SCC(=O)N(C)C2CCCCC2)nnc1-c1ccncc1. The van der Waals surface area contributed by atoms with Crippen LogP contribution in [0.15, 0.2) is 47.9 Å². The van der Waals surface area contributed by atoms with Gasteiger partial charge < -0.3 is 4.90 Å². The molecule has 8 heteroatoms. The van der Waals surface area contributed by atoms with Crippen LogP contribution in [0, 0.1) is 6.92 Å². The number of hydrogen-bond acceptors (Lipinski definition) is 5. The predicted molar refractivity (Wildman–Crippen MR) is 125 cm³/mol. The minimum Gasteiger partial charge on any atom is -0.342 e. The number of carbonyl (C=O) groups excluding carboxylic acids is 1. The molecular formula is C23H26ClN5OS. The van der Waals surface area contributed by atoms with Gasteiger partial charge in [0.2, 0.25) is 5.91 Å².